The molecule has 0 amide bonds. The first kappa shape index (κ1) is 20.0. The maximum absolute atomic E-state index is 6.97. The predicted molar refractivity (Wildman–Crippen MR) is 101 cm³/mol. The summed E-state index contributed by atoms with van der Waals surface area (Å²) < 4.78 is 16.6. The Morgan fingerprint density at radius 3 is 1.39 bits per heavy atom. The molecule has 3 heteroatoms. The molecule has 2 aliphatic carbocycles. The van der Waals surface area contributed by atoms with Gasteiger partial charge in [-0.05, 0) is 0 Å². The van der Waals surface area contributed by atoms with E-state index in [2.05, 4.69) is 13.8 Å². The van der Waals surface area contributed by atoms with Crippen molar-refractivity contribution in [3.05, 3.63) is 0 Å². The molecular formula is C20H40O2Sn. The third kappa shape index (κ3) is 7.23. The summed E-state index contributed by atoms with van der Waals surface area (Å²) in [4.78, 5) is 0. The molecule has 2 saturated carbocycles. The standard InChI is InChI=1S/2C6H11O.2C4H9.Sn/c2*7-6-4-2-1-3-5-6;2*1-3-4-2;/h2*6H,1-5H2;2*1,3-4H2,2H3;/q2*-1;;;+2. The first-order valence-corrected chi connectivity index (χ1v) is 17.0. The molecule has 0 spiro atoms. The minimum atomic E-state index is -2.90. The van der Waals surface area contributed by atoms with Crippen LogP contribution in [0.2, 0.25) is 8.87 Å². The van der Waals surface area contributed by atoms with Crippen LogP contribution in [-0.2, 0) is 6.15 Å². The molecule has 2 rings (SSSR count). The monoisotopic (exact) mass is 432 g/mol. The van der Waals surface area contributed by atoms with Crippen LogP contribution in [0.3, 0.4) is 0 Å². The quantitative estimate of drug-likeness (QED) is 0.357. The Bertz CT molecular complexity index is 266. The van der Waals surface area contributed by atoms with Crippen LogP contribution in [0.25, 0.3) is 0 Å². The van der Waals surface area contributed by atoms with Gasteiger partial charge in [0.05, 0.1) is 0 Å². The Balaban J connectivity index is 2.02. The zero-order chi connectivity index (χ0) is 16.4. The van der Waals surface area contributed by atoms with E-state index in [9.17, 15) is 0 Å². The summed E-state index contributed by atoms with van der Waals surface area (Å²) in [6, 6.07) is 0. The second-order valence-electron chi connectivity index (χ2n) is 7.87. The normalized spacial score (nSPS) is 21.7. The van der Waals surface area contributed by atoms with E-state index in [1.165, 1.54) is 98.8 Å². The Labute approximate surface area is 150 Å². The minimum absolute atomic E-state index is 0.539. The van der Waals surface area contributed by atoms with E-state index in [0.29, 0.717) is 12.2 Å². The molecule has 0 N–H and O–H groups in total. The first-order valence-electron chi connectivity index (χ1n) is 10.6. The van der Waals surface area contributed by atoms with Crippen molar-refractivity contribution < 1.29 is 6.15 Å². The van der Waals surface area contributed by atoms with Crippen LogP contribution in [0, 0.1) is 0 Å². The van der Waals surface area contributed by atoms with Gasteiger partial charge in [0.1, 0.15) is 0 Å². The Hall–Kier alpha value is 0.719. The number of hydrogen-bond acceptors (Lipinski definition) is 2. The molecule has 2 fully saturated rings. The molecule has 0 heterocycles. The van der Waals surface area contributed by atoms with Gasteiger partial charge in [-0.3, -0.25) is 0 Å². The summed E-state index contributed by atoms with van der Waals surface area (Å²) in [7, 11) is 0. The average Bonchev–Trinajstić information content (AvgIpc) is 2.60. The van der Waals surface area contributed by atoms with Gasteiger partial charge in [0.2, 0.25) is 0 Å². The van der Waals surface area contributed by atoms with Gasteiger partial charge in [-0.25, -0.2) is 0 Å². The van der Waals surface area contributed by atoms with E-state index < -0.39 is 19.2 Å². The molecule has 0 saturated heterocycles. The van der Waals surface area contributed by atoms with E-state index in [0.717, 1.165) is 0 Å². The molecule has 0 bridgehead atoms. The zero-order valence-electron chi connectivity index (χ0n) is 15.8. The van der Waals surface area contributed by atoms with Crippen molar-refractivity contribution in [2.24, 2.45) is 0 Å². The Kier molecular flexibility index (Phi) is 9.89. The van der Waals surface area contributed by atoms with Gasteiger partial charge in [-0.2, -0.15) is 0 Å². The van der Waals surface area contributed by atoms with Crippen LogP contribution in [-0.4, -0.2) is 31.4 Å². The number of rotatable bonds is 10. The molecule has 0 radical (unpaired) electrons. The van der Waals surface area contributed by atoms with Crippen molar-refractivity contribution in [1.29, 1.82) is 0 Å². The van der Waals surface area contributed by atoms with Crippen LogP contribution in [0.1, 0.15) is 104 Å². The van der Waals surface area contributed by atoms with Gasteiger partial charge in [0, 0.05) is 0 Å². The molecule has 0 aromatic carbocycles. The second kappa shape index (κ2) is 11.4. The van der Waals surface area contributed by atoms with Crippen LogP contribution >= 0.6 is 0 Å². The average molecular weight is 431 g/mol. The van der Waals surface area contributed by atoms with Crippen LogP contribution in [0.5, 0.6) is 0 Å². The topological polar surface area (TPSA) is 18.5 Å². The summed E-state index contributed by atoms with van der Waals surface area (Å²) >= 11 is -2.90. The summed E-state index contributed by atoms with van der Waals surface area (Å²) in [6.45, 7) is 4.63. The fraction of sp³-hybridized carbons (Fsp3) is 1.00. The Morgan fingerprint density at radius 2 is 1.04 bits per heavy atom. The van der Waals surface area contributed by atoms with Gasteiger partial charge >= 0.3 is 150 Å². The zero-order valence-corrected chi connectivity index (χ0v) is 18.6. The van der Waals surface area contributed by atoms with Gasteiger partial charge in [-0.15, -0.1) is 0 Å². The molecule has 0 atom stereocenters. The van der Waals surface area contributed by atoms with E-state index in [1.54, 1.807) is 0 Å². The third-order valence-corrected chi connectivity index (χ3v) is 16.4. The summed E-state index contributed by atoms with van der Waals surface area (Å²) in [6.07, 6.45) is 19.8. The van der Waals surface area contributed by atoms with Gasteiger partial charge in [-0.1, -0.05) is 0 Å². The van der Waals surface area contributed by atoms with Gasteiger partial charge in [0.15, 0.2) is 0 Å². The van der Waals surface area contributed by atoms with Gasteiger partial charge < -0.3 is 0 Å². The molecule has 2 aliphatic rings. The van der Waals surface area contributed by atoms with Crippen molar-refractivity contribution >= 4 is 19.2 Å². The molecule has 136 valence electrons. The molecule has 0 unspecified atom stereocenters. The molecule has 2 nitrogen and oxygen atoms in total. The summed E-state index contributed by atoms with van der Waals surface area (Å²) in [5.41, 5.74) is 0. The van der Waals surface area contributed by atoms with E-state index in [1.807, 2.05) is 0 Å². The molecule has 0 aromatic rings. The second-order valence-corrected chi connectivity index (χ2v) is 17.3. The van der Waals surface area contributed by atoms with Gasteiger partial charge in [0.25, 0.3) is 0 Å². The van der Waals surface area contributed by atoms with Crippen molar-refractivity contribution in [2.45, 2.75) is 125 Å². The maximum atomic E-state index is 6.97. The molecular weight excluding hydrogens is 391 g/mol. The fourth-order valence-corrected chi connectivity index (χ4v) is 16.4. The van der Waals surface area contributed by atoms with Crippen LogP contribution in [0.15, 0.2) is 0 Å². The van der Waals surface area contributed by atoms with Crippen LogP contribution in [0.4, 0.5) is 0 Å². The molecule has 23 heavy (non-hydrogen) atoms. The van der Waals surface area contributed by atoms with Crippen molar-refractivity contribution in [2.75, 3.05) is 0 Å². The van der Waals surface area contributed by atoms with E-state index in [4.69, 9.17) is 6.15 Å². The van der Waals surface area contributed by atoms with E-state index >= 15 is 0 Å². The summed E-state index contributed by atoms with van der Waals surface area (Å²) in [5.74, 6) is 0. The third-order valence-electron chi connectivity index (χ3n) is 5.69. The first-order chi connectivity index (χ1) is 11.3. The summed E-state index contributed by atoms with van der Waals surface area (Å²) in [5, 5.41) is 0. The number of hydrogen-bond donors (Lipinski definition) is 0. The van der Waals surface area contributed by atoms with Crippen molar-refractivity contribution in [3.8, 4) is 0 Å². The predicted octanol–water partition coefficient (Wildman–Crippen LogP) is 6.73. The van der Waals surface area contributed by atoms with Crippen molar-refractivity contribution in [1.82, 2.24) is 0 Å². The molecule has 0 aliphatic heterocycles. The number of unbranched alkanes of at least 4 members (excludes halogenated alkanes) is 2. The fourth-order valence-electron chi connectivity index (χ4n) is 4.25. The SMILES string of the molecule is CCC[CH2][Sn]([CH2]CCC)([O]C1CCCCC1)[O]C1CCCCC1. The Morgan fingerprint density at radius 1 is 0.652 bits per heavy atom. The van der Waals surface area contributed by atoms with E-state index in [-0.39, 0.29) is 0 Å². The van der Waals surface area contributed by atoms with Crippen LogP contribution < -0.4 is 0 Å². The molecule has 0 aromatic heterocycles. The van der Waals surface area contributed by atoms with Crippen molar-refractivity contribution in [3.63, 3.8) is 0 Å².